The van der Waals surface area contributed by atoms with Gasteiger partial charge in [0, 0.05) is 40.4 Å². The molecular weight excluding hydrogens is 421 g/mol. The van der Waals surface area contributed by atoms with Crippen LogP contribution in [-0.2, 0) is 7.05 Å². The lowest BCUT2D eigenvalue weighted by atomic mass is 10.3. The van der Waals surface area contributed by atoms with E-state index in [9.17, 15) is 9.59 Å². The van der Waals surface area contributed by atoms with Gasteiger partial charge in [-0.05, 0) is 30.3 Å². The largest absolute Gasteiger partial charge is 0.351 e. The van der Waals surface area contributed by atoms with E-state index < -0.39 is 11.2 Å². The van der Waals surface area contributed by atoms with Crippen molar-refractivity contribution in [2.24, 2.45) is 7.05 Å². The Kier molecular flexibility index (Phi) is 4.84. The molecule has 0 fully saturated rings. The molecule has 0 N–H and O–H groups in total. The predicted octanol–water partition coefficient (Wildman–Crippen LogP) is 3.42. The van der Waals surface area contributed by atoms with Crippen LogP contribution in [0.3, 0.4) is 0 Å². The third-order valence-corrected chi connectivity index (χ3v) is 5.25. The van der Waals surface area contributed by atoms with Gasteiger partial charge in [-0.15, -0.1) is 11.3 Å². The van der Waals surface area contributed by atoms with Crippen molar-refractivity contribution in [3.8, 4) is 27.6 Å². The van der Waals surface area contributed by atoms with E-state index in [1.807, 2.05) is 6.07 Å². The van der Waals surface area contributed by atoms with Crippen LogP contribution in [0.4, 0.5) is 0 Å². The molecule has 10 heteroatoms. The summed E-state index contributed by atoms with van der Waals surface area (Å²) in [5.41, 5.74) is 0.427. The molecule has 4 rings (SSSR count). The number of benzene rings is 1. The van der Waals surface area contributed by atoms with Gasteiger partial charge in [0.05, 0.1) is 5.69 Å². The Morgan fingerprint density at radius 1 is 1.11 bits per heavy atom. The molecule has 140 valence electrons. The summed E-state index contributed by atoms with van der Waals surface area (Å²) in [6.45, 7) is 0. The second kappa shape index (κ2) is 7.31. The first-order valence-corrected chi connectivity index (χ1v) is 9.61. The van der Waals surface area contributed by atoms with Crippen LogP contribution in [0.25, 0.3) is 27.6 Å². The molecule has 0 radical (unpaired) electrons. The van der Waals surface area contributed by atoms with Crippen molar-refractivity contribution >= 4 is 34.5 Å². The van der Waals surface area contributed by atoms with Crippen molar-refractivity contribution in [3.05, 3.63) is 79.0 Å². The molecule has 4 aromatic rings. The number of nitrogens with zero attached hydrogens (tertiary/aromatic N) is 5. The molecule has 0 aliphatic rings. The zero-order valence-corrected chi connectivity index (χ0v) is 16.7. The van der Waals surface area contributed by atoms with E-state index in [-0.39, 0.29) is 5.69 Å². The second-order valence-corrected chi connectivity index (χ2v) is 7.55. The molecule has 0 unspecified atom stereocenters. The van der Waals surface area contributed by atoms with E-state index in [2.05, 4.69) is 15.1 Å². The van der Waals surface area contributed by atoms with Gasteiger partial charge in [-0.3, -0.25) is 14.3 Å². The summed E-state index contributed by atoms with van der Waals surface area (Å²) in [7, 11) is 1.38. The monoisotopic (exact) mass is 431 g/mol. The first-order chi connectivity index (χ1) is 13.4. The van der Waals surface area contributed by atoms with Gasteiger partial charge in [0.1, 0.15) is 10.7 Å². The van der Waals surface area contributed by atoms with Crippen LogP contribution in [0.2, 0.25) is 10.0 Å². The van der Waals surface area contributed by atoms with Crippen molar-refractivity contribution < 1.29 is 0 Å². The number of hydrogen-bond donors (Lipinski definition) is 0. The average Bonchev–Trinajstić information content (AvgIpc) is 3.16. The van der Waals surface area contributed by atoms with Crippen LogP contribution in [0.15, 0.2) is 57.7 Å². The van der Waals surface area contributed by atoms with Crippen molar-refractivity contribution in [1.29, 1.82) is 0 Å². The van der Waals surface area contributed by atoms with Gasteiger partial charge >= 0.3 is 5.69 Å². The summed E-state index contributed by atoms with van der Waals surface area (Å²) in [6, 6.07) is 8.30. The lowest BCUT2D eigenvalue weighted by molar-refractivity contribution is 0.659. The number of aromatic nitrogens is 5. The Morgan fingerprint density at radius 3 is 2.54 bits per heavy atom. The molecule has 7 nitrogen and oxygen atoms in total. The topological polar surface area (TPSA) is 82.7 Å². The molecule has 3 heterocycles. The molecule has 1 aromatic carbocycles. The summed E-state index contributed by atoms with van der Waals surface area (Å²) in [4.78, 5) is 33.8. The minimum absolute atomic E-state index is 0.0459. The third-order valence-electron chi connectivity index (χ3n) is 3.92. The Labute approximate surface area is 172 Å². The van der Waals surface area contributed by atoms with Crippen molar-refractivity contribution in [1.82, 2.24) is 24.3 Å². The second-order valence-electron chi connectivity index (χ2n) is 5.81. The van der Waals surface area contributed by atoms with Crippen LogP contribution in [0.1, 0.15) is 0 Å². The van der Waals surface area contributed by atoms with E-state index in [1.165, 1.54) is 30.5 Å². The highest BCUT2D eigenvalue weighted by molar-refractivity contribution is 7.13. The molecule has 0 amide bonds. The summed E-state index contributed by atoms with van der Waals surface area (Å²) in [6.07, 6.45) is 3.35. The quantitative estimate of drug-likeness (QED) is 0.496. The summed E-state index contributed by atoms with van der Waals surface area (Å²) in [5.74, 6) is 0. The van der Waals surface area contributed by atoms with Gasteiger partial charge in [-0.2, -0.15) is 9.78 Å². The van der Waals surface area contributed by atoms with E-state index in [0.717, 1.165) is 14.8 Å². The van der Waals surface area contributed by atoms with Crippen molar-refractivity contribution in [3.63, 3.8) is 0 Å². The molecule has 0 atom stereocenters. The van der Waals surface area contributed by atoms with Gasteiger partial charge < -0.3 is 0 Å². The molecule has 0 spiro atoms. The van der Waals surface area contributed by atoms with Crippen LogP contribution in [0.5, 0.6) is 0 Å². The SMILES string of the molecule is Cn1c(=O)c(-c2csc(-c3cccnc3)n2)nn(-c2cc(Cl)cc(Cl)c2)c1=O. The Balaban J connectivity index is 1.89. The zero-order chi connectivity index (χ0) is 19.8. The van der Waals surface area contributed by atoms with Crippen LogP contribution in [0, 0.1) is 0 Å². The molecular formula is C18H11Cl2N5O2S. The highest BCUT2D eigenvalue weighted by Crippen LogP contribution is 2.26. The fourth-order valence-electron chi connectivity index (χ4n) is 2.57. The first-order valence-electron chi connectivity index (χ1n) is 7.97. The maximum atomic E-state index is 12.6. The lowest BCUT2D eigenvalue weighted by Crippen LogP contribution is -2.40. The minimum atomic E-state index is -0.616. The highest BCUT2D eigenvalue weighted by Gasteiger charge is 2.17. The maximum absolute atomic E-state index is 12.6. The number of halogens is 2. The summed E-state index contributed by atoms with van der Waals surface area (Å²) < 4.78 is 2.05. The normalized spacial score (nSPS) is 11.0. The number of pyridine rings is 1. The average molecular weight is 432 g/mol. The fraction of sp³-hybridized carbons (Fsp3) is 0.0556. The van der Waals surface area contributed by atoms with E-state index in [4.69, 9.17) is 23.2 Å². The van der Waals surface area contributed by atoms with Gasteiger partial charge in [0.2, 0.25) is 0 Å². The molecule has 0 aliphatic heterocycles. The molecule has 0 saturated heterocycles. The molecule has 0 aliphatic carbocycles. The van der Waals surface area contributed by atoms with Crippen molar-refractivity contribution in [2.45, 2.75) is 0 Å². The van der Waals surface area contributed by atoms with Crippen LogP contribution in [-0.4, -0.2) is 24.3 Å². The summed E-state index contributed by atoms with van der Waals surface area (Å²) in [5, 5.41) is 7.34. The first kappa shape index (κ1) is 18.5. The van der Waals surface area contributed by atoms with E-state index in [1.54, 1.807) is 29.9 Å². The lowest BCUT2D eigenvalue weighted by Gasteiger charge is -2.09. The predicted molar refractivity (Wildman–Crippen MR) is 109 cm³/mol. The Hall–Kier alpha value is -2.81. The van der Waals surface area contributed by atoms with E-state index in [0.29, 0.717) is 26.4 Å². The van der Waals surface area contributed by atoms with Crippen LogP contribution < -0.4 is 11.2 Å². The number of thiazole rings is 1. The van der Waals surface area contributed by atoms with Crippen molar-refractivity contribution in [2.75, 3.05) is 0 Å². The number of hydrogen-bond acceptors (Lipinski definition) is 6. The molecule has 28 heavy (non-hydrogen) atoms. The Bertz CT molecular complexity index is 1280. The van der Waals surface area contributed by atoms with Gasteiger partial charge in [-0.25, -0.2) is 9.78 Å². The van der Waals surface area contributed by atoms with Gasteiger partial charge in [0.25, 0.3) is 5.56 Å². The van der Waals surface area contributed by atoms with Crippen LogP contribution >= 0.6 is 34.5 Å². The third kappa shape index (κ3) is 3.37. The summed E-state index contributed by atoms with van der Waals surface area (Å²) >= 11 is 13.4. The zero-order valence-electron chi connectivity index (χ0n) is 14.3. The van der Waals surface area contributed by atoms with Gasteiger partial charge in [0.15, 0.2) is 5.69 Å². The molecule has 0 saturated carbocycles. The smallest absolute Gasteiger partial charge is 0.267 e. The molecule has 3 aromatic heterocycles. The van der Waals surface area contributed by atoms with E-state index >= 15 is 0 Å². The maximum Gasteiger partial charge on any atom is 0.351 e. The van der Waals surface area contributed by atoms with Gasteiger partial charge in [-0.1, -0.05) is 23.2 Å². The highest BCUT2D eigenvalue weighted by atomic mass is 35.5. The fourth-order valence-corrected chi connectivity index (χ4v) is 3.88. The molecule has 0 bridgehead atoms. The standard InChI is InChI=1S/C18H11Cl2N5O2S/c1-24-17(26)15(14-9-28-16(22-14)10-3-2-4-21-8-10)23-25(18(24)27)13-6-11(19)5-12(20)7-13/h2-9H,1H3. The Morgan fingerprint density at radius 2 is 1.86 bits per heavy atom. The minimum Gasteiger partial charge on any atom is -0.267 e. The number of rotatable bonds is 3.